The first-order valence-electron chi connectivity index (χ1n) is 6.26. The van der Waals surface area contributed by atoms with Crippen LogP contribution in [0.5, 0.6) is 0 Å². The zero-order valence-corrected chi connectivity index (χ0v) is 10.0. The molecule has 2 unspecified atom stereocenters. The van der Waals surface area contributed by atoms with Crippen molar-refractivity contribution in [1.29, 1.82) is 0 Å². The van der Waals surface area contributed by atoms with E-state index < -0.39 is 5.91 Å². The molecule has 6 nitrogen and oxygen atoms in total. The second kappa shape index (κ2) is 4.53. The molecule has 18 heavy (non-hydrogen) atoms. The summed E-state index contributed by atoms with van der Waals surface area (Å²) in [5.74, 6) is 0.804. The Bertz CT molecular complexity index is 444. The molecule has 1 saturated heterocycles. The molecule has 0 bridgehead atoms. The molecule has 3 N–H and O–H groups in total. The van der Waals surface area contributed by atoms with E-state index in [0.717, 1.165) is 13.0 Å². The number of carbonyl (C=O) groups excluding carboxylic acids is 1. The highest BCUT2D eigenvalue weighted by molar-refractivity contribution is 5.90. The minimum Gasteiger partial charge on any atom is -0.376 e. The van der Waals surface area contributed by atoms with E-state index in [-0.39, 0.29) is 5.69 Å². The number of ether oxygens (including phenoxy) is 1. The molecular weight excluding hydrogens is 232 g/mol. The van der Waals surface area contributed by atoms with E-state index in [1.165, 1.54) is 12.8 Å². The number of nitrogens with one attached hydrogen (secondary N) is 1. The van der Waals surface area contributed by atoms with Gasteiger partial charge in [-0.2, -0.15) is 0 Å². The molecular formula is C12H16N4O2. The zero-order valence-electron chi connectivity index (χ0n) is 10.0. The predicted molar refractivity (Wildman–Crippen MR) is 65.0 cm³/mol. The van der Waals surface area contributed by atoms with Crippen LogP contribution in [0.2, 0.25) is 0 Å². The molecule has 0 radical (unpaired) electrons. The van der Waals surface area contributed by atoms with Crippen LogP contribution in [-0.2, 0) is 4.74 Å². The summed E-state index contributed by atoms with van der Waals surface area (Å²) in [6.45, 7) is 0.797. The van der Waals surface area contributed by atoms with Crippen molar-refractivity contribution < 1.29 is 9.53 Å². The van der Waals surface area contributed by atoms with E-state index in [1.807, 2.05) is 0 Å². The maximum atomic E-state index is 10.9. The minimum atomic E-state index is -0.561. The normalized spacial score (nSPS) is 27.1. The Morgan fingerprint density at radius 1 is 1.33 bits per heavy atom. The van der Waals surface area contributed by atoms with E-state index in [0.29, 0.717) is 23.9 Å². The topological polar surface area (TPSA) is 90.1 Å². The molecule has 1 aliphatic carbocycles. The van der Waals surface area contributed by atoms with Gasteiger partial charge in [-0.3, -0.25) is 4.79 Å². The smallest absolute Gasteiger partial charge is 0.269 e. The molecule has 2 atom stereocenters. The van der Waals surface area contributed by atoms with Gasteiger partial charge < -0.3 is 15.8 Å². The first kappa shape index (κ1) is 11.4. The summed E-state index contributed by atoms with van der Waals surface area (Å²) in [5.41, 5.74) is 5.30. The molecule has 2 fully saturated rings. The summed E-state index contributed by atoms with van der Waals surface area (Å²) >= 11 is 0. The van der Waals surface area contributed by atoms with E-state index >= 15 is 0 Å². The molecule has 1 amide bonds. The average molecular weight is 248 g/mol. The third kappa shape index (κ3) is 2.28. The van der Waals surface area contributed by atoms with Crippen molar-refractivity contribution >= 4 is 11.7 Å². The van der Waals surface area contributed by atoms with Crippen LogP contribution in [0.1, 0.15) is 29.8 Å². The van der Waals surface area contributed by atoms with Gasteiger partial charge in [-0.05, 0) is 37.3 Å². The number of aromatic nitrogens is 2. The van der Waals surface area contributed by atoms with Crippen LogP contribution in [0.25, 0.3) is 0 Å². The van der Waals surface area contributed by atoms with Crippen molar-refractivity contribution in [2.75, 3.05) is 11.9 Å². The van der Waals surface area contributed by atoms with Crippen molar-refractivity contribution in [3.63, 3.8) is 0 Å². The van der Waals surface area contributed by atoms with Crippen LogP contribution < -0.4 is 11.1 Å². The first-order valence-corrected chi connectivity index (χ1v) is 6.26. The van der Waals surface area contributed by atoms with Gasteiger partial charge >= 0.3 is 0 Å². The standard InChI is InChI=1S/C12H16N4O2/c13-12(17)9-3-4-10(16-15-9)14-8-5-6-18-11(8)7-1-2-7/h3-4,7-8,11H,1-2,5-6H2,(H2,13,17)(H,14,16). The molecule has 1 aromatic heterocycles. The second-order valence-electron chi connectivity index (χ2n) is 4.88. The predicted octanol–water partition coefficient (Wildman–Crippen LogP) is 0.555. The second-order valence-corrected chi connectivity index (χ2v) is 4.88. The first-order chi connectivity index (χ1) is 8.74. The van der Waals surface area contributed by atoms with Crippen LogP contribution in [0.15, 0.2) is 12.1 Å². The van der Waals surface area contributed by atoms with Gasteiger partial charge in [0.15, 0.2) is 5.69 Å². The quantitative estimate of drug-likeness (QED) is 0.812. The van der Waals surface area contributed by atoms with E-state index in [4.69, 9.17) is 10.5 Å². The van der Waals surface area contributed by atoms with Gasteiger partial charge in [-0.1, -0.05) is 0 Å². The number of primary amides is 1. The third-order valence-corrected chi connectivity index (χ3v) is 3.47. The van der Waals surface area contributed by atoms with E-state index in [1.54, 1.807) is 12.1 Å². The number of anilines is 1. The van der Waals surface area contributed by atoms with Gasteiger partial charge in [0.25, 0.3) is 5.91 Å². The highest BCUT2D eigenvalue weighted by Gasteiger charge is 2.40. The Kier molecular flexibility index (Phi) is 2.87. The summed E-state index contributed by atoms with van der Waals surface area (Å²) in [6.07, 6.45) is 3.80. The number of nitrogens with zero attached hydrogens (tertiary/aromatic N) is 2. The molecule has 2 heterocycles. The highest BCUT2D eigenvalue weighted by atomic mass is 16.5. The fourth-order valence-electron chi connectivity index (χ4n) is 2.39. The van der Waals surface area contributed by atoms with Gasteiger partial charge in [-0.25, -0.2) is 0 Å². The Hall–Kier alpha value is -1.69. The van der Waals surface area contributed by atoms with Crippen LogP contribution in [0.4, 0.5) is 5.82 Å². The van der Waals surface area contributed by atoms with Crippen molar-refractivity contribution in [2.45, 2.75) is 31.4 Å². The van der Waals surface area contributed by atoms with E-state index in [9.17, 15) is 4.79 Å². The Labute approximate surface area is 105 Å². The number of hydrogen-bond acceptors (Lipinski definition) is 5. The van der Waals surface area contributed by atoms with Crippen LogP contribution in [0.3, 0.4) is 0 Å². The van der Waals surface area contributed by atoms with Gasteiger partial charge in [0, 0.05) is 6.61 Å². The molecule has 96 valence electrons. The molecule has 1 saturated carbocycles. The van der Waals surface area contributed by atoms with Crippen LogP contribution >= 0.6 is 0 Å². The lowest BCUT2D eigenvalue weighted by atomic mass is 10.1. The Morgan fingerprint density at radius 3 is 2.78 bits per heavy atom. The lowest BCUT2D eigenvalue weighted by Gasteiger charge is -2.19. The minimum absolute atomic E-state index is 0.182. The SMILES string of the molecule is NC(=O)c1ccc(NC2CCOC2C2CC2)nn1. The van der Waals surface area contributed by atoms with Gasteiger partial charge in [0.1, 0.15) is 5.82 Å². The molecule has 3 rings (SSSR count). The lowest BCUT2D eigenvalue weighted by Crippen LogP contribution is -2.31. The number of carbonyl (C=O) groups is 1. The Morgan fingerprint density at radius 2 is 2.17 bits per heavy atom. The third-order valence-electron chi connectivity index (χ3n) is 3.47. The summed E-state index contributed by atoms with van der Waals surface area (Å²) in [5, 5.41) is 11.1. The molecule has 0 aromatic carbocycles. The summed E-state index contributed by atoms with van der Waals surface area (Å²) < 4.78 is 5.74. The summed E-state index contributed by atoms with van der Waals surface area (Å²) in [6, 6.07) is 3.61. The maximum absolute atomic E-state index is 10.9. The van der Waals surface area contributed by atoms with Crippen molar-refractivity contribution in [3.05, 3.63) is 17.8 Å². The highest BCUT2D eigenvalue weighted by Crippen LogP contribution is 2.39. The lowest BCUT2D eigenvalue weighted by molar-refractivity contribution is 0.0897. The van der Waals surface area contributed by atoms with Crippen molar-refractivity contribution in [3.8, 4) is 0 Å². The maximum Gasteiger partial charge on any atom is 0.269 e. The zero-order chi connectivity index (χ0) is 12.5. The van der Waals surface area contributed by atoms with E-state index in [2.05, 4.69) is 15.5 Å². The largest absolute Gasteiger partial charge is 0.376 e. The molecule has 2 aliphatic rings. The van der Waals surface area contributed by atoms with Crippen LogP contribution in [-0.4, -0.2) is 34.9 Å². The average Bonchev–Trinajstić information content (AvgIpc) is 3.11. The molecule has 6 heteroatoms. The number of amides is 1. The van der Waals surface area contributed by atoms with Gasteiger partial charge in [-0.15, -0.1) is 10.2 Å². The fraction of sp³-hybridized carbons (Fsp3) is 0.583. The van der Waals surface area contributed by atoms with Crippen LogP contribution in [0, 0.1) is 5.92 Å². The number of rotatable bonds is 4. The monoisotopic (exact) mass is 248 g/mol. The number of nitrogens with two attached hydrogens (primary N) is 1. The molecule has 1 aromatic rings. The summed E-state index contributed by atoms with van der Waals surface area (Å²) in [7, 11) is 0. The van der Waals surface area contributed by atoms with Crippen molar-refractivity contribution in [2.24, 2.45) is 11.7 Å². The van der Waals surface area contributed by atoms with Crippen molar-refractivity contribution in [1.82, 2.24) is 10.2 Å². The van der Waals surface area contributed by atoms with Gasteiger partial charge in [0.2, 0.25) is 0 Å². The summed E-state index contributed by atoms with van der Waals surface area (Å²) in [4.78, 5) is 10.9. The molecule has 0 spiro atoms. The number of hydrogen-bond donors (Lipinski definition) is 2. The fourth-order valence-corrected chi connectivity index (χ4v) is 2.39. The molecule has 1 aliphatic heterocycles. The van der Waals surface area contributed by atoms with Gasteiger partial charge in [0.05, 0.1) is 12.1 Å². The Balaban J connectivity index is 1.66.